The van der Waals surface area contributed by atoms with Gasteiger partial charge in [0.15, 0.2) is 0 Å². The molecule has 0 unspecified atom stereocenters. The van der Waals surface area contributed by atoms with Gasteiger partial charge in [-0.1, -0.05) is 0 Å². The van der Waals surface area contributed by atoms with Crippen molar-refractivity contribution in [3.8, 4) is 0 Å². The van der Waals surface area contributed by atoms with Crippen LogP contribution in [0.1, 0.15) is 16.6 Å². The number of sulfonamides is 1. The van der Waals surface area contributed by atoms with Gasteiger partial charge in [-0.25, -0.2) is 13.2 Å². The molecule has 23 heavy (non-hydrogen) atoms. The first kappa shape index (κ1) is 17.4. The molecule has 0 amide bonds. The first-order valence-electron chi connectivity index (χ1n) is 6.64. The third-order valence-electron chi connectivity index (χ3n) is 3.03. The summed E-state index contributed by atoms with van der Waals surface area (Å²) in [7, 11) is -2.71. The van der Waals surface area contributed by atoms with Crippen molar-refractivity contribution < 1.29 is 27.9 Å². The Kier molecular flexibility index (Phi) is 5.03. The summed E-state index contributed by atoms with van der Waals surface area (Å²) in [4.78, 5) is 22.8. The average molecular weight is 357 g/mol. The molecule has 7 nitrogen and oxygen atoms in total. The standard InChI is InChI=1S/C14H15NO6S2/c1-3-21-14(18)12-7-9-6-10(4-5-11(9)22-12)23(19,20)15(2)8-13(16)17/h4-7H,3,8H2,1-2H3,(H,16,17). The van der Waals surface area contributed by atoms with Crippen molar-refractivity contribution in [3.63, 3.8) is 0 Å². The number of likely N-dealkylation sites (N-methyl/N-ethyl adjacent to an activating group) is 1. The molecule has 0 saturated heterocycles. The van der Waals surface area contributed by atoms with E-state index in [9.17, 15) is 18.0 Å². The Morgan fingerprint density at radius 1 is 1.30 bits per heavy atom. The topological polar surface area (TPSA) is 101 Å². The molecule has 0 spiro atoms. The molecule has 9 heteroatoms. The van der Waals surface area contributed by atoms with E-state index in [0.717, 1.165) is 9.01 Å². The normalized spacial score (nSPS) is 11.8. The second-order valence-electron chi connectivity index (χ2n) is 4.69. The summed E-state index contributed by atoms with van der Waals surface area (Å²) >= 11 is 1.21. The number of rotatable bonds is 6. The Bertz CT molecular complexity index is 855. The van der Waals surface area contributed by atoms with E-state index >= 15 is 0 Å². The second kappa shape index (κ2) is 6.65. The number of esters is 1. The smallest absolute Gasteiger partial charge is 0.348 e. The molecule has 0 bridgehead atoms. The van der Waals surface area contributed by atoms with Crippen LogP contribution < -0.4 is 0 Å². The van der Waals surface area contributed by atoms with Crippen LogP contribution in [0.15, 0.2) is 29.2 Å². The highest BCUT2D eigenvalue weighted by atomic mass is 32.2. The maximum atomic E-state index is 12.3. The fraction of sp³-hybridized carbons (Fsp3) is 0.286. The van der Waals surface area contributed by atoms with E-state index in [1.165, 1.54) is 30.5 Å². The van der Waals surface area contributed by atoms with Crippen LogP contribution in [-0.4, -0.2) is 50.0 Å². The predicted octanol–water partition coefficient (Wildman–Crippen LogP) is 1.78. The lowest BCUT2D eigenvalue weighted by Crippen LogP contribution is -2.31. The summed E-state index contributed by atoms with van der Waals surface area (Å²) in [6, 6.07) is 5.96. The number of carboxylic acid groups (broad SMARTS) is 1. The number of thiophene rings is 1. The van der Waals surface area contributed by atoms with Crippen molar-refractivity contribution >= 4 is 43.4 Å². The Morgan fingerprint density at radius 2 is 2.00 bits per heavy atom. The molecular weight excluding hydrogens is 342 g/mol. The van der Waals surface area contributed by atoms with E-state index in [4.69, 9.17) is 9.84 Å². The zero-order valence-corrected chi connectivity index (χ0v) is 14.1. The molecule has 1 aromatic heterocycles. The highest BCUT2D eigenvalue weighted by Crippen LogP contribution is 2.29. The van der Waals surface area contributed by atoms with E-state index < -0.39 is 28.5 Å². The number of nitrogens with zero attached hydrogens (tertiary/aromatic N) is 1. The fourth-order valence-electron chi connectivity index (χ4n) is 1.94. The third-order valence-corrected chi connectivity index (χ3v) is 5.93. The van der Waals surface area contributed by atoms with Crippen LogP contribution >= 0.6 is 11.3 Å². The summed E-state index contributed by atoms with van der Waals surface area (Å²) in [5.41, 5.74) is 0. The molecule has 124 valence electrons. The zero-order valence-electron chi connectivity index (χ0n) is 12.5. The van der Waals surface area contributed by atoms with E-state index in [1.54, 1.807) is 19.1 Å². The van der Waals surface area contributed by atoms with Crippen LogP contribution in [0.25, 0.3) is 10.1 Å². The van der Waals surface area contributed by atoms with Gasteiger partial charge in [0.05, 0.1) is 11.5 Å². The number of aliphatic carboxylic acids is 1. The van der Waals surface area contributed by atoms with E-state index in [2.05, 4.69) is 0 Å². The van der Waals surface area contributed by atoms with E-state index in [-0.39, 0.29) is 11.5 Å². The van der Waals surface area contributed by atoms with Crippen molar-refractivity contribution in [1.82, 2.24) is 4.31 Å². The maximum absolute atomic E-state index is 12.3. The largest absolute Gasteiger partial charge is 0.480 e. The number of ether oxygens (including phenoxy) is 1. The van der Waals surface area contributed by atoms with Crippen LogP contribution in [-0.2, 0) is 19.6 Å². The Balaban J connectivity index is 2.40. The van der Waals surface area contributed by atoms with Crippen LogP contribution in [0.4, 0.5) is 0 Å². The zero-order chi connectivity index (χ0) is 17.2. The lowest BCUT2D eigenvalue weighted by atomic mass is 10.2. The van der Waals surface area contributed by atoms with Crippen LogP contribution in [0.3, 0.4) is 0 Å². The van der Waals surface area contributed by atoms with Crippen LogP contribution in [0.5, 0.6) is 0 Å². The molecule has 0 aliphatic heterocycles. The summed E-state index contributed by atoms with van der Waals surface area (Å²) in [5.74, 6) is -1.70. The first-order chi connectivity index (χ1) is 10.8. The van der Waals surface area contributed by atoms with Gasteiger partial charge in [-0.05, 0) is 36.6 Å². The number of benzene rings is 1. The minimum atomic E-state index is -3.91. The van der Waals surface area contributed by atoms with Gasteiger partial charge < -0.3 is 9.84 Å². The SMILES string of the molecule is CCOC(=O)c1cc2cc(S(=O)(=O)N(C)CC(=O)O)ccc2s1. The van der Waals surface area contributed by atoms with Gasteiger partial charge in [0.2, 0.25) is 10.0 Å². The van der Waals surface area contributed by atoms with Crippen LogP contribution in [0.2, 0.25) is 0 Å². The number of fused-ring (bicyclic) bond motifs is 1. The highest BCUT2D eigenvalue weighted by Gasteiger charge is 2.23. The Morgan fingerprint density at radius 3 is 2.61 bits per heavy atom. The number of carbonyl (C=O) groups is 2. The monoisotopic (exact) mass is 357 g/mol. The van der Waals surface area contributed by atoms with Gasteiger partial charge in [0, 0.05) is 11.7 Å². The lowest BCUT2D eigenvalue weighted by Gasteiger charge is -2.14. The molecule has 0 aliphatic rings. The van der Waals surface area contributed by atoms with Gasteiger partial charge >= 0.3 is 11.9 Å². The number of carboxylic acids is 1. The molecule has 0 fully saturated rings. The van der Waals surface area contributed by atoms with Gasteiger partial charge in [0.1, 0.15) is 11.4 Å². The highest BCUT2D eigenvalue weighted by molar-refractivity contribution is 7.89. The lowest BCUT2D eigenvalue weighted by molar-refractivity contribution is -0.137. The molecule has 1 N–H and O–H groups in total. The summed E-state index contributed by atoms with van der Waals surface area (Å²) in [6.07, 6.45) is 0. The Hall–Kier alpha value is -1.97. The molecule has 0 radical (unpaired) electrons. The molecular formula is C14H15NO6S2. The molecule has 2 aromatic rings. The van der Waals surface area contributed by atoms with Gasteiger partial charge in [0.25, 0.3) is 0 Å². The predicted molar refractivity (Wildman–Crippen MR) is 85.2 cm³/mol. The van der Waals surface area contributed by atoms with Gasteiger partial charge in [-0.15, -0.1) is 11.3 Å². The van der Waals surface area contributed by atoms with E-state index in [0.29, 0.717) is 10.3 Å². The van der Waals surface area contributed by atoms with Gasteiger partial charge in [-0.3, -0.25) is 4.79 Å². The fourth-order valence-corrected chi connectivity index (χ4v) is 4.03. The molecule has 0 aliphatic carbocycles. The minimum absolute atomic E-state index is 0.0260. The van der Waals surface area contributed by atoms with Crippen molar-refractivity contribution in [2.75, 3.05) is 20.2 Å². The number of hydrogen-bond donors (Lipinski definition) is 1. The van der Waals surface area contributed by atoms with Crippen molar-refractivity contribution in [3.05, 3.63) is 29.1 Å². The average Bonchev–Trinajstić information content (AvgIpc) is 2.89. The molecule has 1 heterocycles. The maximum Gasteiger partial charge on any atom is 0.348 e. The molecule has 2 rings (SSSR count). The first-order valence-corrected chi connectivity index (χ1v) is 8.90. The minimum Gasteiger partial charge on any atom is -0.480 e. The quantitative estimate of drug-likeness (QED) is 0.791. The number of hydrogen-bond acceptors (Lipinski definition) is 6. The summed E-state index contributed by atoms with van der Waals surface area (Å²) in [6.45, 7) is 1.33. The Labute approximate surface area is 137 Å². The molecule has 0 saturated carbocycles. The van der Waals surface area contributed by atoms with Crippen LogP contribution in [0, 0.1) is 0 Å². The van der Waals surface area contributed by atoms with Gasteiger partial charge in [-0.2, -0.15) is 4.31 Å². The number of carbonyl (C=O) groups excluding carboxylic acids is 1. The van der Waals surface area contributed by atoms with Crippen molar-refractivity contribution in [1.29, 1.82) is 0 Å². The third kappa shape index (κ3) is 3.69. The van der Waals surface area contributed by atoms with Crippen molar-refractivity contribution in [2.24, 2.45) is 0 Å². The summed E-state index contributed by atoms with van der Waals surface area (Å²) in [5, 5.41) is 9.31. The van der Waals surface area contributed by atoms with Crippen molar-refractivity contribution in [2.45, 2.75) is 11.8 Å². The summed E-state index contributed by atoms with van der Waals surface area (Å²) < 4.78 is 31.1. The molecule has 1 aromatic carbocycles. The molecule has 0 atom stereocenters. The second-order valence-corrected chi connectivity index (χ2v) is 7.81. The van der Waals surface area contributed by atoms with E-state index in [1.807, 2.05) is 0 Å².